The summed E-state index contributed by atoms with van der Waals surface area (Å²) < 4.78 is 0. The van der Waals surface area contributed by atoms with Crippen LogP contribution in [0.25, 0.3) is 0 Å². The van der Waals surface area contributed by atoms with Gasteiger partial charge in [-0.25, -0.2) is 0 Å². The van der Waals surface area contributed by atoms with Crippen LogP contribution in [0.15, 0.2) is 29.2 Å². The molecule has 7 heteroatoms. The number of benzene rings is 1. The van der Waals surface area contributed by atoms with Crippen LogP contribution in [0.2, 0.25) is 0 Å². The molecule has 1 aliphatic rings. The number of amides is 2. The summed E-state index contributed by atoms with van der Waals surface area (Å²) >= 11 is 1.91. The van der Waals surface area contributed by atoms with Gasteiger partial charge in [0.05, 0.1) is 13.1 Å². The Kier molecular flexibility index (Phi) is 8.30. The zero-order valence-corrected chi connectivity index (χ0v) is 14.0. The monoisotopic (exact) mass is 343 g/mol. The number of nitrogens with one attached hydrogen (secondary N) is 2. The number of hydrogen-bond acceptors (Lipinski definition) is 4. The van der Waals surface area contributed by atoms with Crippen molar-refractivity contribution in [2.75, 3.05) is 18.4 Å². The number of carbonyl (C=O) groups excluding carboxylic acids is 2. The predicted octanol–water partition coefficient (Wildman–Crippen LogP) is 2.16. The second-order valence-electron chi connectivity index (χ2n) is 5.08. The quantitative estimate of drug-likeness (QED) is 0.739. The maximum absolute atomic E-state index is 11.6. The second-order valence-corrected chi connectivity index (χ2v) is 6.45. The van der Waals surface area contributed by atoms with Crippen molar-refractivity contribution >= 4 is 41.7 Å². The molecule has 1 saturated carbocycles. The van der Waals surface area contributed by atoms with Crippen LogP contribution in [0.3, 0.4) is 0 Å². The van der Waals surface area contributed by atoms with Crippen molar-refractivity contribution in [2.24, 2.45) is 5.73 Å². The van der Waals surface area contributed by atoms with Crippen molar-refractivity contribution < 1.29 is 9.59 Å². The molecule has 0 bridgehead atoms. The van der Waals surface area contributed by atoms with Gasteiger partial charge in [-0.05, 0) is 37.1 Å². The maximum atomic E-state index is 11.6. The van der Waals surface area contributed by atoms with E-state index in [1.54, 1.807) is 0 Å². The average molecular weight is 344 g/mol. The summed E-state index contributed by atoms with van der Waals surface area (Å²) in [5, 5.41) is 5.90. The van der Waals surface area contributed by atoms with Gasteiger partial charge in [0.2, 0.25) is 11.8 Å². The van der Waals surface area contributed by atoms with Crippen LogP contribution in [0.4, 0.5) is 5.69 Å². The van der Waals surface area contributed by atoms with Crippen molar-refractivity contribution in [3.8, 4) is 0 Å². The van der Waals surface area contributed by atoms with Crippen molar-refractivity contribution in [3.63, 3.8) is 0 Å². The van der Waals surface area contributed by atoms with Crippen LogP contribution in [0, 0.1) is 0 Å². The summed E-state index contributed by atoms with van der Waals surface area (Å²) in [6.45, 7) is -0.172. The van der Waals surface area contributed by atoms with Gasteiger partial charge in [0.1, 0.15) is 0 Å². The number of hydrogen-bond donors (Lipinski definition) is 3. The summed E-state index contributed by atoms with van der Waals surface area (Å²) in [6.07, 6.45) is 5.26. The highest BCUT2D eigenvalue weighted by Crippen LogP contribution is 2.34. The largest absolute Gasteiger partial charge is 0.346 e. The molecule has 0 atom stereocenters. The van der Waals surface area contributed by atoms with Crippen molar-refractivity contribution in [1.29, 1.82) is 0 Å². The predicted molar refractivity (Wildman–Crippen MR) is 92.5 cm³/mol. The summed E-state index contributed by atoms with van der Waals surface area (Å²) in [7, 11) is 0. The minimum atomic E-state index is -0.339. The highest BCUT2D eigenvalue weighted by atomic mass is 35.5. The fraction of sp³-hybridized carbons (Fsp3) is 0.467. The third-order valence-corrected chi connectivity index (χ3v) is 4.72. The Labute approximate surface area is 141 Å². The summed E-state index contributed by atoms with van der Waals surface area (Å²) in [5.41, 5.74) is 5.88. The molecule has 4 N–H and O–H groups in total. The molecule has 22 heavy (non-hydrogen) atoms. The summed E-state index contributed by atoms with van der Waals surface area (Å²) in [6, 6.07) is 7.83. The average Bonchev–Trinajstić information content (AvgIpc) is 3.00. The standard InChI is InChI=1S/C15H21N3O2S.ClH/c16-9-14(19)17-10-15(20)18-11-5-7-13(8-6-11)21-12-3-1-2-4-12;/h5-8,12H,1-4,9-10,16H2,(H,17,19)(H,18,20);1H. The van der Waals surface area contributed by atoms with Gasteiger partial charge in [0.25, 0.3) is 0 Å². The van der Waals surface area contributed by atoms with E-state index < -0.39 is 0 Å². The number of nitrogens with two attached hydrogens (primary N) is 1. The Hall–Kier alpha value is -1.24. The van der Waals surface area contributed by atoms with Gasteiger partial charge in [0, 0.05) is 15.8 Å². The lowest BCUT2D eigenvalue weighted by molar-refractivity contribution is -0.123. The van der Waals surface area contributed by atoms with E-state index in [2.05, 4.69) is 10.6 Å². The molecule has 1 aromatic rings. The summed E-state index contributed by atoms with van der Waals surface area (Å²) in [4.78, 5) is 23.8. The van der Waals surface area contributed by atoms with Crippen molar-refractivity contribution in [2.45, 2.75) is 35.8 Å². The van der Waals surface area contributed by atoms with Gasteiger partial charge in [0.15, 0.2) is 0 Å². The normalized spacial score (nSPS) is 14.2. The number of carbonyl (C=O) groups is 2. The smallest absolute Gasteiger partial charge is 0.243 e. The lowest BCUT2D eigenvalue weighted by atomic mass is 10.3. The van der Waals surface area contributed by atoms with Gasteiger partial charge in [-0.2, -0.15) is 0 Å². The third-order valence-electron chi connectivity index (χ3n) is 3.37. The van der Waals surface area contributed by atoms with Crippen LogP contribution in [0.1, 0.15) is 25.7 Å². The minimum Gasteiger partial charge on any atom is -0.346 e. The first-order chi connectivity index (χ1) is 10.2. The molecule has 0 aliphatic heterocycles. The minimum absolute atomic E-state index is 0. The first-order valence-electron chi connectivity index (χ1n) is 7.20. The lowest BCUT2D eigenvalue weighted by Gasteiger charge is -2.10. The molecular formula is C15H22ClN3O2S. The Morgan fingerprint density at radius 2 is 1.77 bits per heavy atom. The fourth-order valence-electron chi connectivity index (χ4n) is 2.27. The Balaban J connectivity index is 0.00000242. The zero-order chi connectivity index (χ0) is 15.1. The number of halogens is 1. The molecule has 1 aliphatic carbocycles. The third kappa shape index (κ3) is 6.25. The van der Waals surface area contributed by atoms with Crippen LogP contribution >= 0.6 is 24.2 Å². The van der Waals surface area contributed by atoms with Gasteiger partial charge < -0.3 is 16.4 Å². The van der Waals surface area contributed by atoms with E-state index in [9.17, 15) is 9.59 Å². The van der Waals surface area contributed by atoms with Crippen LogP contribution in [-0.2, 0) is 9.59 Å². The molecule has 5 nitrogen and oxygen atoms in total. The van der Waals surface area contributed by atoms with Crippen molar-refractivity contribution in [3.05, 3.63) is 24.3 Å². The molecule has 0 aromatic heterocycles. The maximum Gasteiger partial charge on any atom is 0.243 e. The summed E-state index contributed by atoms with van der Waals surface area (Å²) in [5.74, 6) is -0.596. The Morgan fingerprint density at radius 1 is 1.14 bits per heavy atom. The number of thioether (sulfide) groups is 1. The van der Waals surface area contributed by atoms with E-state index in [1.807, 2.05) is 36.0 Å². The molecule has 0 heterocycles. The molecule has 122 valence electrons. The molecule has 1 fully saturated rings. The van der Waals surface area contributed by atoms with Crippen LogP contribution < -0.4 is 16.4 Å². The first kappa shape index (κ1) is 18.8. The zero-order valence-electron chi connectivity index (χ0n) is 12.3. The molecule has 0 unspecified atom stereocenters. The SMILES string of the molecule is Cl.NCC(=O)NCC(=O)Nc1ccc(SC2CCCC2)cc1. The van der Waals surface area contributed by atoms with E-state index in [0.717, 1.165) is 10.9 Å². The Morgan fingerprint density at radius 3 is 2.36 bits per heavy atom. The topological polar surface area (TPSA) is 84.2 Å². The van der Waals surface area contributed by atoms with E-state index in [0.29, 0.717) is 0 Å². The number of anilines is 1. The van der Waals surface area contributed by atoms with E-state index in [4.69, 9.17) is 5.73 Å². The molecule has 2 amide bonds. The molecule has 0 radical (unpaired) electrons. The molecule has 0 spiro atoms. The Bertz CT molecular complexity index is 490. The first-order valence-corrected chi connectivity index (χ1v) is 8.08. The lowest BCUT2D eigenvalue weighted by Crippen LogP contribution is -2.36. The van der Waals surface area contributed by atoms with Gasteiger partial charge in [-0.3, -0.25) is 9.59 Å². The van der Waals surface area contributed by atoms with E-state index >= 15 is 0 Å². The van der Waals surface area contributed by atoms with Gasteiger partial charge >= 0.3 is 0 Å². The van der Waals surface area contributed by atoms with Crippen LogP contribution in [-0.4, -0.2) is 30.2 Å². The fourth-order valence-corrected chi connectivity index (χ4v) is 3.52. The number of rotatable bonds is 6. The molecule has 0 saturated heterocycles. The molecule has 1 aromatic carbocycles. The second kappa shape index (κ2) is 9.71. The highest BCUT2D eigenvalue weighted by molar-refractivity contribution is 8.00. The molecular weight excluding hydrogens is 322 g/mol. The van der Waals surface area contributed by atoms with Crippen molar-refractivity contribution in [1.82, 2.24) is 5.32 Å². The van der Waals surface area contributed by atoms with Crippen LogP contribution in [0.5, 0.6) is 0 Å². The van der Waals surface area contributed by atoms with E-state index in [-0.39, 0.29) is 37.3 Å². The van der Waals surface area contributed by atoms with Gasteiger partial charge in [-0.1, -0.05) is 12.8 Å². The van der Waals surface area contributed by atoms with Gasteiger partial charge in [-0.15, -0.1) is 24.2 Å². The highest BCUT2D eigenvalue weighted by Gasteiger charge is 2.15. The van der Waals surface area contributed by atoms with E-state index in [1.165, 1.54) is 30.6 Å². The molecule has 2 rings (SSSR count).